The molecular formula is C27H29NO5. The molecule has 0 bridgehead atoms. The quantitative estimate of drug-likeness (QED) is 0.534. The highest BCUT2D eigenvalue weighted by atomic mass is 16.5. The van der Waals surface area contributed by atoms with Crippen molar-refractivity contribution in [2.45, 2.75) is 38.9 Å². The lowest BCUT2D eigenvalue weighted by Gasteiger charge is -2.30. The van der Waals surface area contributed by atoms with Gasteiger partial charge >= 0.3 is 0 Å². The Labute approximate surface area is 193 Å². The van der Waals surface area contributed by atoms with Gasteiger partial charge in [-0.2, -0.15) is 0 Å². The van der Waals surface area contributed by atoms with Gasteiger partial charge in [0.15, 0.2) is 0 Å². The molecule has 2 aromatic rings. The molecule has 1 aromatic carbocycles. The molecule has 0 radical (unpaired) electrons. The molecule has 33 heavy (non-hydrogen) atoms. The first-order valence-corrected chi connectivity index (χ1v) is 11.6. The Bertz CT molecular complexity index is 1130. The molecule has 5 rings (SSSR count). The minimum Gasteiger partial charge on any atom is -0.459 e. The predicted molar refractivity (Wildman–Crippen MR) is 123 cm³/mol. The van der Waals surface area contributed by atoms with Crippen LogP contribution in [0.2, 0.25) is 0 Å². The first-order valence-electron chi connectivity index (χ1n) is 11.6. The molecule has 0 spiro atoms. The summed E-state index contributed by atoms with van der Waals surface area (Å²) in [5, 5.41) is 9.32. The molecule has 2 aliphatic heterocycles. The molecule has 172 valence electrons. The molecule has 3 heterocycles. The summed E-state index contributed by atoms with van der Waals surface area (Å²) in [7, 11) is 1.60. The summed E-state index contributed by atoms with van der Waals surface area (Å²) in [6, 6.07) is 13.8. The van der Waals surface area contributed by atoms with E-state index in [-0.39, 0.29) is 42.3 Å². The number of hydrogen-bond donors (Lipinski definition) is 1. The van der Waals surface area contributed by atoms with E-state index in [9.17, 15) is 14.7 Å². The third-order valence-electron chi connectivity index (χ3n) is 7.35. The molecule has 0 saturated carbocycles. The minimum absolute atomic E-state index is 0.00325. The van der Waals surface area contributed by atoms with Crippen LogP contribution < -0.4 is 0 Å². The van der Waals surface area contributed by atoms with Crippen molar-refractivity contribution in [1.29, 1.82) is 0 Å². The van der Waals surface area contributed by atoms with Gasteiger partial charge in [0, 0.05) is 13.0 Å². The smallest absolute Gasteiger partial charge is 0.233 e. The fourth-order valence-electron chi connectivity index (χ4n) is 5.75. The standard InChI is InChI=1S/C27H29NO5/c1-16-12-21-25(27(31)28(2)26(21)30)22-15-32-23(24(16)22)11-8-18(17-6-4-3-5-7-17)13-19-9-10-20(14-29)33-19/h3-7,9-10,13,21-23,25,29H,8,11-12,14-15H2,1-2H3/b18-13-/t21-,22+,23-,25-/m1/s1. The summed E-state index contributed by atoms with van der Waals surface area (Å²) < 4.78 is 11.9. The van der Waals surface area contributed by atoms with Crippen molar-refractivity contribution in [1.82, 2.24) is 4.90 Å². The molecular weight excluding hydrogens is 418 g/mol. The molecule has 6 heteroatoms. The first kappa shape index (κ1) is 21.9. The number of furan rings is 1. The van der Waals surface area contributed by atoms with Gasteiger partial charge in [-0.3, -0.25) is 14.5 Å². The van der Waals surface area contributed by atoms with Crippen LogP contribution >= 0.6 is 0 Å². The Hall–Kier alpha value is -2.96. The molecule has 2 fully saturated rings. The summed E-state index contributed by atoms with van der Waals surface area (Å²) >= 11 is 0. The lowest BCUT2D eigenvalue weighted by molar-refractivity contribution is -0.138. The molecule has 1 aromatic heterocycles. The zero-order valence-electron chi connectivity index (χ0n) is 19.0. The van der Waals surface area contributed by atoms with Crippen LogP contribution in [0.3, 0.4) is 0 Å². The van der Waals surface area contributed by atoms with Gasteiger partial charge in [-0.15, -0.1) is 0 Å². The van der Waals surface area contributed by atoms with Crippen LogP contribution in [-0.4, -0.2) is 41.6 Å². The van der Waals surface area contributed by atoms with Crippen LogP contribution in [0, 0.1) is 17.8 Å². The van der Waals surface area contributed by atoms with Crippen LogP contribution in [-0.2, 0) is 20.9 Å². The Morgan fingerprint density at radius 2 is 1.91 bits per heavy atom. The first-order chi connectivity index (χ1) is 16.0. The van der Waals surface area contributed by atoms with Crippen LogP contribution in [0.4, 0.5) is 0 Å². The number of likely N-dealkylation sites (tertiary alicyclic amines) is 1. The van der Waals surface area contributed by atoms with E-state index < -0.39 is 0 Å². The Morgan fingerprint density at radius 3 is 2.64 bits per heavy atom. The van der Waals surface area contributed by atoms with E-state index in [0.29, 0.717) is 24.5 Å². The number of nitrogens with zero attached hydrogens (tertiary/aromatic N) is 1. The fraction of sp³-hybridized carbons (Fsp3) is 0.407. The number of rotatable bonds is 6. The van der Waals surface area contributed by atoms with Gasteiger partial charge in [-0.1, -0.05) is 35.9 Å². The summed E-state index contributed by atoms with van der Waals surface area (Å²) in [5.74, 6) is 0.601. The SMILES string of the molecule is CC1=C2[C@@H](CC/C(=C/c3ccc(CO)o3)c3ccccc3)OC[C@@H]2[C@@H]2C(=O)N(C)C(=O)[C@@H]2C1. The summed E-state index contributed by atoms with van der Waals surface area (Å²) in [6.07, 6.45) is 4.17. The molecule has 0 unspecified atom stereocenters. The number of carbonyl (C=O) groups excluding carboxylic acids is 2. The van der Waals surface area contributed by atoms with Gasteiger partial charge in [-0.05, 0) is 61.1 Å². The van der Waals surface area contributed by atoms with Gasteiger partial charge in [0.25, 0.3) is 0 Å². The third-order valence-corrected chi connectivity index (χ3v) is 7.35. The highest BCUT2D eigenvalue weighted by Gasteiger charge is 2.55. The second-order valence-electron chi connectivity index (χ2n) is 9.27. The summed E-state index contributed by atoms with van der Waals surface area (Å²) in [4.78, 5) is 26.6. The normalized spacial score (nSPS) is 27.4. The molecule has 1 N–H and O–H groups in total. The lowest BCUT2D eigenvalue weighted by atomic mass is 9.70. The average molecular weight is 448 g/mol. The van der Waals surface area contributed by atoms with Crippen LogP contribution in [0.5, 0.6) is 0 Å². The number of aliphatic hydroxyl groups is 1. The number of allylic oxidation sites excluding steroid dienone is 2. The maximum Gasteiger partial charge on any atom is 0.233 e. The van der Waals surface area contributed by atoms with Crippen molar-refractivity contribution >= 4 is 23.5 Å². The summed E-state index contributed by atoms with van der Waals surface area (Å²) in [6.45, 7) is 2.45. The molecule has 2 amide bonds. The van der Waals surface area contributed by atoms with Crippen molar-refractivity contribution in [3.05, 3.63) is 70.7 Å². The van der Waals surface area contributed by atoms with Crippen molar-refractivity contribution < 1.29 is 23.8 Å². The van der Waals surface area contributed by atoms with E-state index in [1.54, 1.807) is 13.1 Å². The molecule has 4 atom stereocenters. The molecule has 2 saturated heterocycles. The van der Waals surface area contributed by atoms with E-state index in [0.717, 1.165) is 24.0 Å². The Morgan fingerprint density at radius 1 is 1.12 bits per heavy atom. The number of benzene rings is 1. The van der Waals surface area contributed by atoms with Gasteiger partial charge in [0.2, 0.25) is 11.8 Å². The number of imide groups is 1. The fourth-order valence-corrected chi connectivity index (χ4v) is 5.75. The largest absolute Gasteiger partial charge is 0.459 e. The highest BCUT2D eigenvalue weighted by molar-refractivity contribution is 6.05. The summed E-state index contributed by atoms with van der Waals surface area (Å²) in [5.41, 5.74) is 4.66. The maximum atomic E-state index is 12.8. The van der Waals surface area contributed by atoms with Gasteiger partial charge in [-0.25, -0.2) is 0 Å². The molecule has 1 aliphatic carbocycles. The van der Waals surface area contributed by atoms with Gasteiger partial charge in [0.05, 0.1) is 24.5 Å². The van der Waals surface area contributed by atoms with E-state index >= 15 is 0 Å². The highest BCUT2D eigenvalue weighted by Crippen LogP contribution is 2.49. The zero-order valence-corrected chi connectivity index (χ0v) is 19.0. The monoisotopic (exact) mass is 447 g/mol. The number of aliphatic hydroxyl groups excluding tert-OH is 1. The van der Waals surface area contributed by atoms with Crippen molar-refractivity contribution in [2.75, 3.05) is 13.7 Å². The van der Waals surface area contributed by atoms with Crippen LogP contribution in [0.15, 0.2) is 58.0 Å². The maximum absolute atomic E-state index is 12.8. The zero-order chi connectivity index (χ0) is 23.1. The van der Waals surface area contributed by atoms with Crippen molar-refractivity contribution in [3.8, 4) is 0 Å². The van der Waals surface area contributed by atoms with Gasteiger partial charge in [0.1, 0.15) is 18.1 Å². The Kier molecular flexibility index (Phi) is 5.81. The van der Waals surface area contributed by atoms with Crippen LogP contribution in [0.25, 0.3) is 11.6 Å². The number of hydrogen-bond acceptors (Lipinski definition) is 5. The molecule has 3 aliphatic rings. The Balaban J connectivity index is 1.38. The van der Waals surface area contributed by atoms with E-state index in [1.165, 1.54) is 16.0 Å². The second-order valence-corrected chi connectivity index (χ2v) is 9.27. The van der Waals surface area contributed by atoms with Crippen molar-refractivity contribution in [3.63, 3.8) is 0 Å². The predicted octanol–water partition coefficient (Wildman–Crippen LogP) is 4.06. The van der Waals surface area contributed by atoms with E-state index in [4.69, 9.17) is 9.15 Å². The number of carbonyl (C=O) groups is 2. The van der Waals surface area contributed by atoms with Crippen LogP contribution in [0.1, 0.15) is 43.3 Å². The number of fused-ring (bicyclic) bond motifs is 3. The average Bonchev–Trinajstić information content (AvgIpc) is 3.52. The topological polar surface area (TPSA) is 80.0 Å². The van der Waals surface area contributed by atoms with Gasteiger partial charge < -0.3 is 14.3 Å². The number of ether oxygens (including phenoxy) is 1. The minimum atomic E-state index is -0.282. The van der Waals surface area contributed by atoms with E-state index in [2.05, 4.69) is 19.1 Å². The van der Waals surface area contributed by atoms with E-state index in [1.807, 2.05) is 30.3 Å². The molecule has 6 nitrogen and oxygen atoms in total. The lowest BCUT2D eigenvalue weighted by Crippen LogP contribution is -2.33. The third kappa shape index (κ3) is 3.87. The number of amides is 2. The second kappa shape index (κ2) is 8.76. The van der Waals surface area contributed by atoms with Crippen molar-refractivity contribution in [2.24, 2.45) is 17.8 Å².